The Bertz CT molecular complexity index is 1000. The highest BCUT2D eigenvalue weighted by molar-refractivity contribution is 8.03. The molecule has 1 amide bonds. The number of nitriles is 1. The van der Waals surface area contributed by atoms with Gasteiger partial charge in [-0.05, 0) is 29.8 Å². The highest BCUT2D eigenvalue weighted by Gasteiger charge is 2.51. The maximum absolute atomic E-state index is 13.0. The van der Waals surface area contributed by atoms with Crippen molar-refractivity contribution in [1.29, 1.82) is 5.26 Å². The molecule has 0 unspecified atom stereocenters. The van der Waals surface area contributed by atoms with Crippen molar-refractivity contribution in [1.82, 2.24) is 4.90 Å². The first-order chi connectivity index (χ1) is 12.9. The molecule has 2 atom stereocenters. The largest absolute Gasteiger partial charge is 0.366 e. The standard InChI is InChI=1S/C20H14Cl2N2O2S/c21-14-6-4-13(5-7-14)20(26)11-27-19-17(10-23)16(9-18(25)24(19)20)12-2-1-3-15(22)8-12/h1-8,16,26H,9,11H2/t16-,20+/m0/s1. The second-order valence-corrected chi connectivity index (χ2v) is 8.32. The molecule has 2 aromatic rings. The summed E-state index contributed by atoms with van der Waals surface area (Å²) in [4.78, 5) is 14.4. The fourth-order valence-electron chi connectivity index (χ4n) is 3.56. The van der Waals surface area contributed by atoms with Crippen LogP contribution in [0.15, 0.2) is 59.1 Å². The van der Waals surface area contributed by atoms with E-state index in [0.717, 1.165) is 5.56 Å². The number of hydrogen-bond donors (Lipinski definition) is 1. The zero-order chi connectivity index (χ0) is 19.2. The Hall–Kier alpha value is -1.97. The van der Waals surface area contributed by atoms with Gasteiger partial charge in [-0.2, -0.15) is 5.26 Å². The van der Waals surface area contributed by atoms with E-state index in [4.69, 9.17) is 23.2 Å². The quantitative estimate of drug-likeness (QED) is 0.774. The first kappa shape index (κ1) is 18.4. The van der Waals surface area contributed by atoms with Gasteiger partial charge < -0.3 is 5.11 Å². The highest BCUT2D eigenvalue weighted by Crippen LogP contribution is 2.51. The molecule has 2 aromatic carbocycles. The van der Waals surface area contributed by atoms with E-state index in [1.807, 2.05) is 6.07 Å². The summed E-state index contributed by atoms with van der Waals surface area (Å²) in [6.07, 6.45) is 0.100. The fraction of sp³-hybridized carbons (Fsp3) is 0.200. The second-order valence-electron chi connectivity index (χ2n) is 6.48. The van der Waals surface area contributed by atoms with Gasteiger partial charge in [-0.3, -0.25) is 9.69 Å². The normalized spacial score (nSPS) is 24.7. The van der Waals surface area contributed by atoms with Gasteiger partial charge in [0, 0.05) is 27.9 Å². The molecule has 1 N–H and O–H groups in total. The van der Waals surface area contributed by atoms with Crippen molar-refractivity contribution in [2.45, 2.75) is 18.1 Å². The van der Waals surface area contributed by atoms with Crippen LogP contribution in [-0.2, 0) is 10.5 Å². The van der Waals surface area contributed by atoms with E-state index in [1.54, 1.807) is 42.5 Å². The van der Waals surface area contributed by atoms with Crippen LogP contribution in [0.3, 0.4) is 0 Å². The van der Waals surface area contributed by atoms with Crippen LogP contribution in [-0.4, -0.2) is 21.7 Å². The van der Waals surface area contributed by atoms with E-state index in [0.29, 0.717) is 26.2 Å². The van der Waals surface area contributed by atoms with Gasteiger partial charge in [-0.1, -0.05) is 47.5 Å². The first-order valence-electron chi connectivity index (χ1n) is 8.28. The molecule has 0 bridgehead atoms. The summed E-state index contributed by atoms with van der Waals surface area (Å²) in [7, 11) is 0. The molecular formula is C20H14Cl2N2O2S. The average Bonchev–Trinajstić information content (AvgIpc) is 3.01. The van der Waals surface area contributed by atoms with Crippen LogP contribution < -0.4 is 0 Å². The number of amides is 1. The summed E-state index contributed by atoms with van der Waals surface area (Å²) >= 11 is 13.4. The molecule has 0 spiro atoms. The molecule has 2 aliphatic rings. The number of carbonyl (C=O) groups is 1. The van der Waals surface area contributed by atoms with E-state index in [9.17, 15) is 15.2 Å². The maximum Gasteiger partial charge on any atom is 0.231 e. The van der Waals surface area contributed by atoms with Crippen LogP contribution in [0.1, 0.15) is 23.5 Å². The molecule has 2 heterocycles. The summed E-state index contributed by atoms with van der Waals surface area (Å²) in [5.41, 5.74) is 0.373. The van der Waals surface area contributed by atoms with Crippen LogP contribution in [0.2, 0.25) is 10.0 Å². The summed E-state index contributed by atoms with van der Waals surface area (Å²) in [6.45, 7) is 0. The Kier molecular flexibility index (Phi) is 4.69. The number of carbonyl (C=O) groups excluding carboxylic acids is 1. The summed E-state index contributed by atoms with van der Waals surface area (Å²) in [5.74, 6) is -0.340. The average molecular weight is 417 g/mol. The number of hydrogen-bond acceptors (Lipinski definition) is 4. The third kappa shape index (κ3) is 3.03. The molecule has 4 nitrogen and oxygen atoms in total. The minimum atomic E-state index is -1.50. The third-order valence-electron chi connectivity index (χ3n) is 4.87. The van der Waals surface area contributed by atoms with Crippen LogP contribution in [0, 0.1) is 11.3 Å². The van der Waals surface area contributed by atoms with Crippen LogP contribution >= 0.6 is 35.0 Å². The minimum absolute atomic E-state index is 0.100. The van der Waals surface area contributed by atoms with Gasteiger partial charge in [0.15, 0.2) is 5.72 Å². The van der Waals surface area contributed by atoms with Gasteiger partial charge in [0.1, 0.15) is 0 Å². The summed E-state index contributed by atoms with van der Waals surface area (Å²) < 4.78 is 0. The lowest BCUT2D eigenvalue weighted by Crippen LogP contribution is -2.48. The smallest absolute Gasteiger partial charge is 0.231 e. The van der Waals surface area contributed by atoms with Crippen molar-refractivity contribution >= 4 is 40.9 Å². The second kappa shape index (κ2) is 6.88. The van der Waals surface area contributed by atoms with E-state index in [1.165, 1.54) is 16.7 Å². The SMILES string of the molecule is N#CC1=C2SC[C@@](O)(c3ccc(Cl)cc3)N2C(=O)C[C@H]1c1cccc(Cl)c1. The van der Waals surface area contributed by atoms with Gasteiger partial charge in [0.05, 0.1) is 22.4 Å². The molecule has 136 valence electrons. The van der Waals surface area contributed by atoms with Crippen molar-refractivity contribution in [2.75, 3.05) is 5.75 Å². The van der Waals surface area contributed by atoms with E-state index in [2.05, 4.69) is 6.07 Å². The van der Waals surface area contributed by atoms with E-state index in [-0.39, 0.29) is 24.0 Å². The number of allylic oxidation sites excluding steroid dienone is 1. The Morgan fingerprint density at radius 1 is 1.19 bits per heavy atom. The molecule has 27 heavy (non-hydrogen) atoms. The van der Waals surface area contributed by atoms with Gasteiger partial charge in [-0.15, -0.1) is 11.8 Å². The lowest BCUT2D eigenvalue weighted by Gasteiger charge is -2.38. The first-order valence-corrected chi connectivity index (χ1v) is 10.0. The molecule has 0 aromatic heterocycles. The third-order valence-corrected chi connectivity index (χ3v) is 6.58. The number of fused-ring (bicyclic) bond motifs is 1. The fourth-order valence-corrected chi connectivity index (χ4v) is 5.25. The minimum Gasteiger partial charge on any atom is -0.366 e. The molecule has 0 aliphatic carbocycles. The van der Waals surface area contributed by atoms with Gasteiger partial charge in [0.25, 0.3) is 0 Å². The zero-order valence-electron chi connectivity index (χ0n) is 14.0. The van der Waals surface area contributed by atoms with Gasteiger partial charge >= 0.3 is 0 Å². The Balaban J connectivity index is 1.81. The molecule has 1 saturated heterocycles. The predicted molar refractivity (Wildman–Crippen MR) is 106 cm³/mol. The predicted octanol–water partition coefficient (Wildman–Crippen LogP) is 4.64. The number of halogens is 2. The summed E-state index contributed by atoms with van der Waals surface area (Å²) in [6, 6.07) is 16.2. The Labute approximate surface area is 171 Å². The Morgan fingerprint density at radius 3 is 2.59 bits per heavy atom. The number of thioether (sulfide) groups is 1. The Morgan fingerprint density at radius 2 is 1.93 bits per heavy atom. The molecule has 1 fully saturated rings. The maximum atomic E-state index is 13.0. The number of nitrogens with zero attached hydrogens (tertiary/aromatic N) is 2. The highest BCUT2D eigenvalue weighted by atomic mass is 35.5. The van der Waals surface area contributed by atoms with Crippen LogP contribution in [0.5, 0.6) is 0 Å². The zero-order valence-corrected chi connectivity index (χ0v) is 16.4. The lowest BCUT2D eigenvalue weighted by molar-refractivity contribution is -0.149. The van der Waals surface area contributed by atoms with Gasteiger partial charge in [-0.25, -0.2) is 0 Å². The van der Waals surface area contributed by atoms with Crippen molar-refractivity contribution in [3.8, 4) is 6.07 Å². The topological polar surface area (TPSA) is 64.3 Å². The molecular weight excluding hydrogens is 403 g/mol. The van der Waals surface area contributed by atoms with E-state index < -0.39 is 5.72 Å². The number of benzene rings is 2. The molecule has 7 heteroatoms. The van der Waals surface area contributed by atoms with Gasteiger partial charge in [0.2, 0.25) is 5.91 Å². The summed E-state index contributed by atoms with van der Waals surface area (Å²) in [5, 5.41) is 22.7. The molecule has 0 radical (unpaired) electrons. The van der Waals surface area contributed by atoms with Crippen LogP contribution in [0.25, 0.3) is 0 Å². The lowest BCUT2D eigenvalue weighted by atomic mass is 9.85. The van der Waals surface area contributed by atoms with Crippen molar-refractivity contribution < 1.29 is 9.90 Å². The molecule has 4 rings (SSSR count). The van der Waals surface area contributed by atoms with Crippen molar-refractivity contribution in [3.05, 3.63) is 80.3 Å². The number of rotatable bonds is 2. The molecule has 0 saturated carbocycles. The molecule has 2 aliphatic heterocycles. The van der Waals surface area contributed by atoms with Crippen molar-refractivity contribution in [2.24, 2.45) is 0 Å². The number of aliphatic hydroxyl groups is 1. The van der Waals surface area contributed by atoms with E-state index >= 15 is 0 Å². The monoisotopic (exact) mass is 416 g/mol. The van der Waals surface area contributed by atoms with Crippen LogP contribution in [0.4, 0.5) is 0 Å². The van der Waals surface area contributed by atoms with Crippen molar-refractivity contribution in [3.63, 3.8) is 0 Å².